The van der Waals surface area contributed by atoms with Crippen LogP contribution in [0.2, 0.25) is 0 Å². The van der Waals surface area contributed by atoms with Gasteiger partial charge in [0.25, 0.3) is 0 Å². The second-order valence-corrected chi connectivity index (χ2v) is 12.5. The third-order valence-corrected chi connectivity index (χ3v) is 9.61. The zero-order chi connectivity index (χ0) is 32.3. The number of hydrogen-bond acceptors (Lipinski definition) is 5. The second-order valence-electron chi connectivity index (χ2n) is 12.5. The zero-order valence-corrected chi connectivity index (χ0v) is 26.3. The van der Waals surface area contributed by atoms with Crippen molar-refractivity contribution in [3.05, 3.63) is 175 Å². The van der Waals surface area contributed by atoms with E-state index in [1.807, 2.05) is 18.3 Å². The van der Waals surface area contributed by atoms with E-state index in [1.54, 1.807) is 6.20 Å². The minimum absolute atomic E-state index is 0.324. The number of amidine groups is 2. The highest BCUT2D eigenvalue weighted by Gasteiger charge is 2.24. The molecule has 0 radical (unpaired) electrons. The van der Waals surface area contributed by atoms with Gasteiger partial charge in [-0.15, -0.1) is 0 Å². The Bertz CT molecular complexity index is 2830. The first kappa shape index (κ1) is 27.5. The molecule has 1 atom stereocenters. The number of hydrogen-bond donors (Lipinski definition) is 1. The topological polar surface area (TPSA) is 62.8 Å². The van der Waals surface area contributed by atoms with Crippen LogP contribution in [0.15, 0.2) is 172 Å². The Morgan fingerprint density at radius 3 is 2.08 bits per heavy atom. The van der Waals surface area contributed by atoms with E-state index in [2.05, 4.69) is 144 Å². The highest BCUT2D eigenvalue weighted by Crippen LogP contribution is 2.40. The maximum Gasteiger partial charge on any atom is 0.159 e. The molecule has 3 heterocycles. The molecule has 0 saturated heterocycles. The molecule has 1 unspecified atom stereocenters. The van der Waals surface area contributed by atoms with Crippen LogP contribution in [0, 0.1) is 0 Å². The van der Waals surface area contributed by atoms with Gasteiger partial charge in [-0.05, 0) is 73.3 Å². The average molecular weight is 629 g/mol. The quantitative estimate of drug-likeness (QED) is 0.211. The molecule has 0 saturated carbocycles. The molecular formula is C44H28N4O. The van der Waals surface area contributed by atoms with Crippen molar-refractivity contribution < 1.29 is 4.42 Å². The highest BCUT2D eigenvalue weighted by molar-refractivity contribution is 6.21. The summed E-state index contributed by atoms with van der Waals surface area (Å²) in [7, 11) is 0. The lowest BCUT2D eigenvalue weighted by Crippen LogP contribution is -2.33. The lowest BCUT2D eigenvalue weighted by molar-refractivity contribution is 0.668. The summed E-state index contributed by atoms with van der Waals surface area (Å²) < 4.78 is 6.22. The van der Waals surface area contributed by atoms with Crippen LogP contribution in [-0.2, 0) is 0 Å². The van der Waals surface area contributed by atoms with Crippen molar-refractivity contribution in [2.24, 2.45) is 9.98 Å². The predicted octanol–water partition coefficient (Wildman–Crippen LogP) is 10.6. The minimum Gasteiger partial charge on any atom is -0.456 e. The van der Waals surface area contributed by atoms with E-state index in [-0.39, 0.29) is 6.17 Å². The lowest BCUT2D eigenvalue weighted by atomic mass is 9.92. The summed E-state index contributed by atoms with van der Waals surface area (Å²) in [5.74, 6) is 1.49. The fraction of sp³-hybridized carbons (Fsp3) is 0.0227. The van der Waals surface area contributed by atoms with Crippen LogP contribution in [0.25, 0.3) is 65.4 Å². The fourth-order valence-corrected chi connectivity index (χ4v) is 7.23. The van der Waals surface area contributed by atoms with Crippen LogP contribution in [-0.4, -0.2) is 16.7 Å². The van der Waals surface area contributed by atoms with E-state index in [0.29, 0.717) is 5.84 Å². The normalized spacial score (nSPS) is 14.7. The SMILES string of the molecule is c1ccc2cc(C3=NC(c4ccc5ccccc5c4)NC(c4ccc(-c5cccc6oc7ccncc7c56)c5ccccc45)=N3)ccc2c1. The number of rotatable bonds is 4. The molecule has 0 aliphatic carbocycles. The molecule has 1 aliphatic rings. The molecule has 5 heteroatoms. The van der Waals surface area contributed by atoms with Gasteiger partial charge < -0.3 is 9.73 Å². The van der Waals surface area contributed by atoms with Gasteiger partial charge in [0, 0.05) is 34.3 Å². The number of aliphatic imine (C=N–C) groups is 2. The van der Waals surface area contributed by atoms with E-state index in [1.165, 1.54) is 16.2 Å². The van der Waals surface area contributed by atoms with E-state index < -0.39 is 0 Å². The Kier molecular flexibility index (Phi) is 6.18. The van der Waals surface area contributed by atoms with E-state index in [4.69, 9.17) is 14.4 Å². The second kappa shape index (κ2) is 11.0. The number of nitrogens with zero attached hydrogens (tertiary/aromatic N) is 3. The van der Waals surface area contributed by atoms with Gasteiger partial charge >= 0.3 is 0 Å². The molecule has 1 aliphatic heterocycles. The van der Waals surface area contributed by atoms with Crippen LogP contribution in [0.5, 0.6) is 0 Å². The van der Waals surface area contributed by atoms with Crippen LogP contribution in [0.1, 0.15) is 22.9 Å². The Hall–Kier alpha value is -6.59. The largest absolute Gasteiger partial charge is 0.456 e. The third-order valence-electron chi connectivity index (χ3n) is 9.61. The molecule has 49 heavy (non-hydrogen) atoms. The molecule has 9 aromatic rings. The number of nitrogens with one attached hydrogen (secondary N) is 1. The van der Waals surface area contributed by atoms with Crippen molar-refractivity contribution in [1.82, 2.24) is 10.3 Å². The smallest absolute Gasteiger partial charge is 0.159 e. The summed E-state index contributed by atoms with van der Waals surface area (Å²) >= 11 is 0. The first-order chi connectivity index (χ1) is 24.3. The van der Waals surface area contributed by atoms with Crippen molar-refractivity contribution in [1.29, 1.82) is 0 Å². The average Bonchev–Trinajstić information content (AvgIpc) is 3.56. The van der Waals surface area contributed by atoms with Crippen LogP contribution >= 0.6 is 0 Å². The van der Waals surface area contributed by atoms with E-state index in [0.717, 1.165) is 71.8 Å². The fourth-order valence-electron chi connectivity index (χ4n) is 7.23. The van der Waals surface area contributed by atoms with Crippen molar-refractivity contribution in [2.45, 2.75) is 6.17 Å². The van der Waals surface area contributed by atoms with Crippen molar-refractivity contribution in [3.8, 4) is 11.1 Å². The Balaban J connectivity index is 1.16. The monoisotopic (exact) mass is 628 g/mol. The van der Waals surface area contributed by atoms with Crippen molar-refractivity contribution in [2.75, 3.05) is 0 Å². The molecule has 7 aromatic carbocycles. The molecule has 5 nitrogen and oxygen atoms in total. The standard InChI is InChI=1S/C44H28N4O/c1-3-10-29-24-31(18-16-27(29)8-1)42-46-43(32-19-17-28-9-2-4-11-30(28)25-32)48-44(47-42)37-21-20-35(33-12-5-6-13-34(33)37)36-14-7-15-40-41(36)38-26-45-23-22-39(38)49-40/h1-26,42H,(H,46,47,48). The van der Waals surface area contributed by atoms with E-state index in [9.17, 15) is 0 Å². The summed E-state index contributed by atoms with van der Waals surface area (Å²) in [6.07, 6.45) is 3.34. The molecule has 0 bridgehead atoms. The maximum absolute atomic E-state index is 6.22. The zero-order valence-electron chi connectivity index (χ0n) is 26.3. The van der Waals surface area contributed by atoms with Crippen molar-refractivity contribution in [3.63, 3.8) is 0 Å². The number of pyridine rings is 1. The summed E-state index contributed by atoms with van der Waals surface area (Å²) in [6.45, 7) is 0. The first-order valence-corrected chi connectivity index (χ1v) is 16.5. The van der Waals surface area contributed by atoms with E-state index >= 15 is 0 Å². The summed E-state index contributed by atoms with van der Waals surface area (Å²) in [5.41, 5.74) is 7.00. The number of fused-ring (bicyclic) bond motifs is 6. The summed E-state index contributed by atoms with van der Waals surface area (Å²) in [6, 6.07) is 51.0. The summed E-state index contributed by atoms with van der Waals surface area (Å²) in [4.78, 5) is 14.9. The van der Waals surface area contributed by atoms with Crippen LogP contribution < -0.4 is 5.32 Å². The maximum atomic E-state index is 6.22. The van der Waals surface area contributed by atoms with Gasteiger partial charge in [-0.3, -0.25) is 4.98 Å². The molecule has 230 valence electrons. The number of furan rings is 1. The predicted molar refractivity (Wildman–Crippen MR) is 201 cm³/mol. The Morgan fingerprint density at radius 2 is 1.24 bits per heavy atom. The van der Waals surface area contributed by atoms with Gasteiger partial charge in [-0.25, -0.2) is 9.98 Å². The van der Waals surface area contributed by atoms with Crippen molar-refractivity contribution >= 4 is 65.9 Å². The molecule has 0 spiro atoms. The molecule has 0 amide bonds. The third kappa shape index (κ3) is 4.59. The van der Waals surface area contributed by atoms with Gasteiger partial charge in [0.05, 0.1) is 0 Å². The Morgan fingerprint density at radius 1 is 0.531 bits per heavy atom. The minimum atomic E-state index is -0.324. The van der Waals surface area contributed by atoms with Gasteiger partial charge in [-0.1, -0.05) is 121 Å². The number of benzene rings is 7. The number of aromatic nitrogens is 1. The van der Waals surface area contributed by atoms with Gasteiger partial charge in [0.15, 0.2) is 5.84 Å². The molecule has 2 aromatic heterocycles. The summed E-state index contributed by atoms with van der Waals surface area (Å²) in [5, 5.41) is 12.8. The first-order valence-electron chi connectivity index (χ1n) is 16.5. The lowest BCUT2D eigenvalue weighted by Gasteiger charge is -2.25. The Labute approximate surface area is 281 Å². The molecule has 0 fully saturated rings. The molecule has 1 N–H and O–H groups in total. The van der Waals surface area contributed by atoms with Gasteiger partial charge in [0.2, 0.25) is 0 Å². The van der Waals surface area contributed by atoms with Crippen LogP contribution in [0.3, 0.4) is 0 Å². The molecular weight excluding hydrogens is 601 g/mol. The van der Waals surface area contributed by atoms with Gasteiger partial charge in [0.1, 0.15) is 23.2 Å². The highest BCUT2D eigenvalue weighted by atomic mass is 16.3. The molecule has 10 rings (SSSR count). The van der Waals surface area contributed by atoms with Crippen LogP contribution in [0.4, 0.5) is 0 Å². The van der Waals surface area contributed by atoms with Gasteiger partial charge in [-0.2, -0.15) is 0 Å².